The average molecular weight is 255 g/mol. The smallest absolute Gasteiger partial charge is 0.166 e. The molecule has 0 fully saturated rings. The molecule has 0 N–H and O–H groups in total. The molecule has 0 bridgehead atoms. The molecule has 15 heavy (non-hydrogen) atoms. The first kappa shape index (κ1) is 12.4. The van der Waals surface area contributed by atoms with Crippen molar-refractivity contribution in [2.24, 2.45) is 0 Å². The van der Waals surface area contributed by atoms with Gasteiger partial charge in [0, 0.05) is 10.9 Å². The Kier molecular flexibility index (Phi) is 4.05. The van der Waals surface area contributed by atoms with E-state index in [1.54, 1.807) is 6.08 Å². The van der Waals surface area contributed by atoms with Crippen LogP contribution >= 0.6 is 23.2 Å². The molecule has 0 radical (unpaired) electrons. The van der Waals surface area contributed by atoms with E-state index < -0.39 is 11.7 Å². The van der Waals surface area contributed by atoms with Crippen LogP contribution in [0.4, 0.5) is 13.2 Å². The minimum atomic E-state index is -4.38. The Balaban J connectivity index is 3.11. The van der Waals surface area contributed by atoms with Crippen LogP contribution in [-0.4, -0.2) is 5.88 Å². The maximum absolute atomic E-state index is 12.4. The molecule has 0 aliphatic heterocycles. The van der Waals surface area contributed by atoms with E-state index in [-0.39, 0.29) is 10.9 Å². The summed E-state index contributed by atoms with van der Waals surface area (Å²) >= 11 is 10.9. The first-order chi connectivity index (χ1) is 6.93. The molecule has 1 aromatic carbocycles. The Morgan fingerprint density at radius 3 is 2.40 bits per heavy atom. The van der Waals surface area contributed by atoms with Gasteiger partial charge in [0.05, 0.1) is 5.56 Å². The Morgan fingerprint density at radius 1 is 1.20 bits per heavy atom. The van der Waals surface area contributed by atoms with Crippen molar-refractivity contribution in [3.8, 4) is 0 Å². The molecule has 0 aliphatic rings. The highest BCUT2D eigenvalue weighted by molar-refractivity contribution is 6.30. The zero-order valence-electron chi connectivity index (χ0n) is 7.48. The second kappa shape index (κ2) is 4.90. The molecule has 0 atom stereocenters. The zero-order valence-corrected chi connectivity index (χ0v) is 9.00. The van der Waals surface area contributed by atoms with Crippen molar-refractivity contribution in [1.29, 1.82) is 0 Å². The fourth-order valence-electron chi connectivity index (χ4n) is 1.05. The van der Waals surface area contributed by atoms with E-state index in [0.717, 1.165) is 12.1 Å². The van der Waals surface area contributed by atoms with Crippen LogP contribution in [0.3, 0.4) is 0 Å². The van der Waals surface area contributed by atoms with Gasteiger partial charge in [-0.05, 0) is 23.8 Å². The summed E-state index contributed by atoms with van der Waals surface area (Å²) in [6, 6.07) is 3.36. The molecule has 1 rings (SSSR count). The molecule has 0 unspecified atom stereocenters. The number of rotatable bonds is 2. The quantitative estimate of drug-likeness (QED) is 0.677. The van der Waals surface area contributed by atoms with Crippen molar-refractivity contribution in [2.75, 3.05) is 5.88 Å². The third-order valence-corrected chi connectivity index (χ3v) is 2.04. The molecule has 0 aliphatic carbocycles. The molecular weight excluding hydrogens is 248 g/mol. The van der Waals surface area contributed by atoms with Crippen LogP contribution in [0.2, 0.25) is 5.02 Å². The number of halogens is 5. The fraction of sp³-hybridized carbons (Fsp3) is 0.200. The SMILES string of the molecule is FC(F)(F)c1cc(Cl)cc(C=CCCl)c1. The number of alkyl halides is 4. The van der Waals surface area contributed by atoms with E-state index in [1.807, 2.05) is 0 Å². The molecule has 0 saturated heterocycles. The highest BCUT2D eigenvalue weighted by atomic mass is 35.5. The standard InChI is InChI=1S/C10H7Cl2F3/c11-3-1-2-7-4-8(10(13,14)15)6-9(12)5-7/h1-2,4-6H,3H2. The lowest BCUT2D eigenvalue weighted by molar-refractivity contribution is -0.137. The van der Waals surface area contributed by atoms with Gasteiger partial charge in [-0.1, -0.05) is 23.8 Å². The van der Waals surface area contributed by atoms with Crippen LogP contribution in [0.25, 0.3) is 6.08 Å². The van der Waals surface area contributed by atoms with Crippen molar-refractivity contribution >= 4 is 29.3 Å². The summed E-state index contributed by atoms with van der Waals surface area (Å²) in [7, 11) is 0. The number of hydrogen-bond acceptors (Lipinski definition) is 0. The molecule has 0 saturated carbocycles. The van der Waals surface area contributed by atoms with Crippen molar-refractivity contribution in [3.63, 3.8) is 0 Å². The van der Waals surface area contributed by atoms with E-state index in [9.17, 15) is 13.2 Å². The highest BCUT2D eigenvalue weighted by Crippen LogP contribution is 2.32. The van der Waals surface area contributed by atoms with Gasteiger partial charge in [0.2, 0.25) is 0 Å². The van der Waals surface area contributed by atoms with Gasteiger partial charge in [-0.2, -0.15) is 13.2 Å². The van der Waals surface area contributed by atoms with Gasteiger partial charge >= 0.3 is 6.18 Å². The molecule has 5 heteroatoms. The second-order valence-electron chi connectivity index (χ2n) is 2.83. The summed E-state index contributed by atoms with van der Waals surface area (Å²) in [6.07, 6.45) is -1.34. The van der Waals surface area contributed by atoms with E-state index in [1.165, 1.54) is 12.1 Å². The van der Waals surface area contributed by atoms with Crippen molar-refractivity contribution < 1.29 is 13.2 Å². The molecule has 0 spiro atoms. The zero-order chi connectivity index (χ0) is 11.5. The number of hydrogen-bond donors (Lipinski definition) is 0. The summed E-state index contributed by atoms with van der Waals surface area (Å²) in [5, 5.41) is 0.0547. The largest absolute Gasteiger partial charge is 0.416 e. The van der Waals surface area contributed by atoms with E-state index in [2.05, 4.69) is 0 Å². The fourth-order valence-corrected chi connectivity index (χ4v) is 1.39. The van der Waals surface area contributed by atoms with Gasteiger partial charge in [0.1, 0.15) is 0 Å². The summed E-state index contributed by atoms with van der Waals surface area (Å²) in [5.74, 6) is 0.244. The lowest BCUT2D eigenvalue weighted by atomic mass is 10.1. The van der Waals surface area contributed by atoms with Gasteiger partial charge < -0.3 is 0 Å². The third kappa shape index (κ3) is 3.76. The van der Waals surface area contributed by atoms with Crippen molar-refractivity contribution in [2.45, 2.75) is 6.18 Å². The summed E-state index contributed by atoms with van der Waals surface area (Å²) in [6.45, 7) is 0. The molecule has 0 heterocycles. The van der Waals surface area contributed by atoms with Crippen molar-refractivity contribution in [1.82, 2.24) is 0 Å². The Labute approximate surface area is 95.3 Å². The highest BCUT2D eigenvalue weighted by Gasteiger charge is 2.30. The predicted molar refractivity (Wildman–Crippen MR) is 56.2 cm³/mol. The molecular formula is C10H7Cl2F3. The van der Waals surface area contributed by atoms with Crippen molar-refractivity contribution in [3.05, 3.63) is 40.4 Å². The minimum Gasteiger partial charge on any atom is -0.166 e. The number of allylic oxidation sites excluding steroid dienone is 1. The van der Waals surface area contributed by atoms with Crippen LogP contribution in [0, 0.1) is 0 Å². The Bertz CT molecular complexity index is 369. The van der Waals surface area contributed by atoms with E-state index in [0.29, 0.717) is 5.56 Å². The van der Waals surface area contributed by atoms with Crippen LogP contribution in [0.15, 0.2) is 24.3 Å². The Hall–Kier alpha value is -0.670. The molecule has 0 aromatic heterocycles. The molecule has 0 nitrogen and oxygen atoms in total. The van der Waals surface area contributed by atoms with Crippen LogP contribution in [0.1, 0.15) is 11.1 Å². The number of benzene rings is 1. The predicted octanol–water partition coefficient (Wildman–Crippen LogP) is 4.61. The maximum Gasteiger partial charge on any atom is 0.416 e. The lowest BCUT2D eigenvalue weighted by Crippen LogP contribution is -2.04. The summed E-state index contributed by atoms with van der Waals surface area (Å²) in [5.41, 5.74) is -0.375. The monoisotopic (exact) mass is 254 g/mol. The maximum atomic E-state index is 12.4. The van der Waals surface area contributed by atoms with E-state index >= 15 is 0 Å². The second-order valence-corrected chi connectivity index (χ2v) is 3.57. The summed E-state index contributed by atoms with van der Waals surface area (Å²) < 4.78 is 37.1. The lowest BCUT2D eigenvalue weighted by Gasteiger charge is -2.07. The third-order valence-electron chi connectivity index (χ3n) is 1.65. The molecule has 0 amide bonds. The van der Waals surface area contributed by atoms with Gasteiger partial charge in [-0.15, -0.1) is 11.6 Å². The van der Waals surface area contributed by atoms with Crippen LogP contribution in [0.5, 0.6) is 0 Å². The minimum absolute atomic E-state index is 0.0547. The normalized spacial score (nSPS) is 12.3. The molecule has 1 aromatic rings. The van der Waals surface area contributed by atoms with Gasteiger partial charge in [-0.3, -0.25) is 0 Å². The van der Waals surface area contributed by atoms with Crippen LogP contribution < -0.4 is 0 Å². The van der Waals surface area contributed by atoms with Gasteiger partial charge in [-0.25, -0.2) is 0 Å². The first-order valence-corrected chi connectivity index (χ1v) is 4.95. The van der Waals surface area contributed by atoms with Gasteiger partial charge in [0.25, 0.3) is 0 Å². The Morgan fingerprint density at radius 2 is 1.87 bits per heavy atom. The molecule has 82 valence electrons. The van der Waals surface area contributed by atoms with Gasteiger partial charge in [0.15, 0.2) is 0 Å². The summed E-state index contributed by atoms with van der Waals surface area (Å²) in [4.78, 5) is 0. The first-order valence-electron chi connectivity index (χ1n) is 4.04. The van der Waals surface area contributed by atoms with E-state index in [4.69, 9.17) is 23.2 Å². The average Bonchev–Trinajstić information content (AvgIpc) is 2.12. The van der Waals surface area contributed by atoms with Crippen LogP contribution in [-0.2, 0) is 6.18 Å². The topological polar surface area (TPSA) is 0 Å².